The van der Waals surface area contributed by atoms with E-state index in [1.165, 1.54) is 6.42 Å². The van der Waals surface area contributed by atoms with Gasteiger partial charge in [0.1, 0.15) is 6.29 Å². The molecule has 0 unspecified atom stereocenters. The van der Waals surface area contributed by atoms with Gasteiger partial charge in [0.2, 0.25) is 0 Å². The first-order valence-corrected chi connectivity index (χ1v) is 2.81. The molecule has 0 aromatic carbocycles. The lowest BCUT2D eigenvalue weighted by molar-refractivity contribution is -0.104. The third-order valence-corrected chi connectivity index (χ3v) is 1.24. The summed E-state index contributed by atoms with van der Waals surface area (Å²) in [5, 5.41) is 3.09. The van der Waals surface area contributed by atoms with Crippen molar-refractivity contribution in [2.45, 2.75) is 12.8 Å². The molecule has 1 fully saturated rings. The molecular weight excluding hydrogens is 102 g/mol. The van der Waals surface area contributed by atoms with Crippen LogP contribution in [0, 0.1) is 0 Å². The summed E-state index contributed by atoms with van der Waals surface area (Å²) in [5.74, 6) is 0. The van der Waals surface area contributed by atoms with Crippen LogP contribution in [-0.2, 0) is 4.79 Å². The van der Waals surface area contributed by atoms with E-state index in [4.69, 9.17) is 0 Å². The van der Waals surface area contributed by atoms with Crippen LogP contribution in [0.3, 0.4) is 0 Å². The SMILES string of the molecule is O=C/C=C1/CCCN1. The molecule has 44 valence electrons. The summed E-state index contributed by atoms with van der Waals surface area (Å²) in [7, 11) is 0. The Kier molecular flexibility index (Phi) is 1.67. The molecule has 1 aliphatic heterocycles. The highest BCUT2D eigenvalue weighted by Gasteiger charge is 2.02. The minimum atomic E-state index is 0.827. The Bertz CT molecular complexity index is 110. The van der Waals surface area contributed by atoms with E-state index < -0.39 is 0 Å². The van der Waals surface area contributed by atoms with E-state index in [0.29, 0.717) is 0 Å². The van der Waals surface area contributed by atoms with Gasteiger partial charge in [0.25, 0.3) is 0 Å². The van der Waals surface area contributed by atoms with Gasteiger partial charge in [-0.3, -0.25) is 4.79 Å². The van der Waals surface area contributed by atoms with Crippen LogP contribution in [0.4, 0.5) is 0 Å². The van der Waals surface area contributed by atoms with Gasteiger partial charge < -0.3 is 5.32 Å². The molecule has 2 nitrogen and oxygen atoms in total. The lowest BCUT2D eigenvalue weighted by Gasteiger charge is -1.90. The van der Waals surface area contributed by atoms with Gasteiger partial charge in [0, 0.05) is 12.2 Å². The molecular formula is C6H9NO. The molecule has 1 aliphatic rings. The highest BCUT2D eigenvalue weighted by molar-refractivity contribution is 5.66. The van der Waals surface area contributed by atoms with Crippen LogP contribution in [-0.4, -0.2) is 12.8 Å². The Morgan fingerprint density at radius 3 is 3.00 bits per heavy atom. The lowest BCUT2D eigenvalue weighted by atomic mass is 10.3. The fraction of sp³-hybridized carbons (Fsp3) is 0.500. The molecule has 0 spiro atoms. The van der Waals surface area contributed by atoms with Crippen molar-refractivity contribution in [3.8, 4) is 0 Å². The predicted molar refractivity (Wildman–Crippen MR) is 31.4 cm³/mol. The van der Waals surface area contributed by atoms with E-state index in [1.54, 1.807) is 6.08 Å². The van der Waals surface area contributed by atoms with Gasteiger partial charge in [0.15, 0.2) is 0 Å². The van der Waals surface area contributed by atoms with Crippen molar-refractivity contribution >= 4 is 6.29 Å². The predicted octanol–water partition coefficient (Wildman–Crippen LogP) is 0.453. The molecule has 0 amide bonds. The number of hydrogen-bond donors (Lipinski definition) is 1. The van der Waals surface area contributed by atoms with Gasteiger partial charge in [-0.2, -0.15) is 0 Å². The molecule has 0 aliphatic carbocycles. The van der Waals surface area contributed by atoms with E-state index in [2.05, 4.69) is 5.32 Å². The van der Waals surface area contributed by atoms with E-state index in [-0.39, 0.29) is 0 Å². The maximum atomic E-state index is 9.84. The number of carbonyl (C=O) groups is 1. The Labute approximate surface area is 48.6 Å². The molecule has 0 radical (unpaired) electrons. The summed E-state index contributed by atoms with van der Waals surface area (Å²) in [5.41, 5.74) is 1.08. The second-order valence-electron chi connectivity index (χ2n) is 1.86. The third kappa shape index (κ3) is 1.09. The monoisotopic (exact) mass is 111 g/mol. The van der Waals surface area contributed by atoms with E-state index >= 15 is 0 Å². The zero-order valence-electron chi connectivity index (χ0n) is 4.68. The summed E-state index contributed by atoms with van der Waals surface area (Å²) in [6, 6.07) is 0. The number of rotatable bonds is 1. The van der Waals surface area contributed by atoms with Crippen LogP contribution in [0.2, 0.25) is 0 Å². The number of allylic oxidation sites excluding steroid dienone is 2. The van der Waals surface area contributed by atoms with Crippen molar-refractivity contribution in [3.63, 3.8) is 0 Å². The normalized spacial score (nSPS) is 23.2. The molecule has 0 aromatic rings. The van der Waals surface area contributed by atoms with Crippen LogP contribution in [0.5, 0.6) is 0 Å². The van der Waals surface area contributed by atoms with Crippen molar-refractivity contribution in [2.75, 3.05) is 6.54 Å². The van der Waals surface area contributed by atoms with Crippen molar-refractivity contribution in [1.82, 2.24) is 5.32 Å². The van der Waals surface area contributed by atoms with E-state index in [1.807, 2.05) is 0 Å². The second kappa shape index (κ2) is 2.50. The topological polar surface area (TPSA) is 29.1 Å². The summed E-state index contributed by atoms with van der Waals surface area (Å²) < 4.78 is 0. The van der Waals surface area contributed by atoms with E-state index in [9.17, 15) is 4.79 Å². The maximum absolute atomic E-state index is 9.84. The van der Waals surface area contributed by atoms with Crippen LogP contribution in [0.25, 0.3) is 0 Å². The second-order valence-corrected chi connectivity index (χ2v) is 1.86. The zero-order valence-corrected chi connectivity index (χ0v) is 4.68. The summed E-state index contributed by atoms with van der Waals surface area (Å²) >= 11 is 0. The molecule has 0 atom stereocenters. The Balaban J connectivity index is 2.44. The van der Waals surface area contributed by atoms with Crippen LogP contribution < -0.4 is 5.32 Å². The smallest absolute Gasteiger partial charge is 0.144 e. The summed E-state index contributed by atoms with van der Waals surface area (Å²) in [6.45, 7) is 1.03. The minimum absolute atomic E-state index is 0.827. The summed E-state index contributed by atoms with van der Waals surface area (Å²) in [4.78, 5) is 9.84. The fourth-order valence-corrected chi connectivity index (χ4v) is 0.841. The zero-order chi connectivity index (χ0) is 5.82. The largest absolute Gasteiger partial charge is 0.388 e. The number of nitrogens with one attached hydrogen (secondary N) is 1. The first-order valence-electron chi connectivity index (χ1n) is 2.81. The molecule has 0 saturated carbocycles. The van der Waals surface area contributed by atoms with E-state index in [0.717, 1.165) is 24.9 Å². The van der Waals surface area contributed by atoms with Crippen molar-refractivity contribution in [2.24, 2.45) is 0 Å². The number of aldehydes is 1. The minimum Gasteiger partial charge on any atom is -0.388 e. The van der Waals surface area contributed by atoms with Gasteiger partial charge in [-0.15, -0.1) is 0 Å². The molecule has 1 heterocycles. The van der Waals surface area contributed by atoms with Crippen molar-refractivity contribution in [1.29, 1.82) is 0 Å². The highest BCUT2D eigenvalue weighted by atomic mass is 16.1. The maximum Gasteiger partial charge on any atom is 0.144 e. The van der Waals surface area contributed by atoms with Gasteiger partial charge >= 0.3 is 0 Å². The quantitative estimate of drug-likeness (QED) is 0.393. The summed E-state index contributed by atoms with van der Waals surface area (Å²) in [6.07, 6.45) is 4.62. The lowest BCUT2D eigenvalue weighted by Crippen LogP contribution is -2.02. The fourth-order valence-electron chi connectivity index (χ4n) is 0.841. The van der Waals surface area contributed by atoms with Crippen molar-refractivity contribution < 1.29 is 4.79 Å². The van der Waals surface area contributed by atoms with Gasteiger partial charge in [-0.05, 0) is 18.9 Å². The average Bonchev–Trinajstić information content (AvgIpc) is 2.19. The highest BCUT2D eigenvalue weighted by Crippen LogP contribution is 2.06. The third-order valence-electron chi connectivity index (χ3n) is 1.24. The molecule has 2 heteroatoms. The standard InChI is InChI=1S/C6H9NO/c8-5-3-6-2-1-4-7-6/h3,5,7H,1-2,4H2/b6-3-. The first kappa shape index (κ1) is 5.35. The average molecular weight is 111 g/mol. The Morgan fingerprint density at radius 2 is 2.50 bits per heavy atom. The van der Waals surface area contributed by atoms with Crippen LogP contribution >= 0.6 is 0 Å². The van der Waals surface area contributed by atoms with Gasteiger partial charge in [-0.25, -0.2) is 0 Å². The number of hydrogen-bond acceptors (Lipinski definition) is 2. The van der Waals surface area contributed by atoms with Crippen LogP contribution in [0.15, 0.2) is 11.8 Å². The molecule has 1 saturated heterocycles. The van der Waals surface area contributed by atoms with Gasteiger partial charge in [0.05, 0.1) is 0 Å². The first-order chi connectivity index (χ1) is 3.93. The molecule has 0 aromatic heterocycles. The van der Waals surface area contributed by atoms with Crippen molar-refractivity contribution in [3.05, 3.63) is 11.8 Å². The Morgan fingerprint density at radius 1 is 1.62 bits per heavy atom. The molecule has 0 bridgehead atoms. The Hall–Kier alpha value is -0.790. The molecule has 1 N–H and O–H groups in total. The van der Waals surface area contributed by atoms with Crippen LogP contribution in [0.1, 0.15) is 12.8 Å². The van der Waals surface area contributed by atoms with Gasteiger partial charge in [-0.1, -0.05) is 0 Å². The molecule has 8 heavy (non-hydrogen) atoms. The molecule has 1 rings (SSSR count). The number of carbonyl (C=O) groups excluding carboxylic acids is 1.